The lowest BCUT2D eigenvalue weighted by Gasteiger charge is -2.03. The molecule has 0 aliphatic rings. The van der Waals surface area contributed by atoms with Gasteiger partial charge in [-0.1, -0.05) is 12.1 Å². The van der Waals surface area contributed by atoms with Crippen LogP contribution in [0.3, 0.4) is 0 Å². The molecule has 24 heavy (non-hydrogen) atoms. The fraction of sp³-hybridized carbons (Fsp3) is 0. The minimum absolute atomic E-state index is 0.00380. The van der Waals surface area contributed by atoms with Crippen LogP contribution in [-0.4, -0.2) is 13.0 Å². The molecule has 0 saturated carbocycles. The van der Waals surface area contributed by atoms with Gasteiger partial charge >= 0.3 is 0 Å². The van der Waals surface area contributed by atoms with Gasteiger partial charge in [0.25, 0.3) is 10.1 Å². The van der Waals surface area contributed by atoms with E-state index in [0.717, 1.165) is 16.8 Å². The average Bonchev–Trinajstić information content (AvgIpc) is 2.52. The van der Waals surface area contributed by atoms with E-state index in [2.05, 4.69) is 10.2 Å². The normalized spacial score (nSPS) is 12.0. The first-order chi connectivity index (χ1) is 11.3. The predicted octanol–water partition coefficient (Wildman–Crippen LogP) is 3.67. The third-order valence-corrected chi connectivity index (χ3v) is 4.27. The smallest absolute Gasteiger partial charge is 0.296 e. The maximum atomic E-state index is 11.4. The van der Waals surface area contributed by atoms with Crippen molar-refractivity contribution in [1.82, 2.24) is 0 Å². The van der Waals surface area contributed by atoms with Crippen molar-refractivity contribution in [2.24, 2.45) is 10.2 Å². The van der Waals surface area contributed by atoms with Gasteiger partial charge in [0.15, 0.2) is 0 Å². The molecule has 0 fully saturated rings. The molecule has 5 N–H and O–H groups in total. The van der Waals surface area contributed by atoms with E-state index in [9.17, 15) is 13.0 Å². The number of hydrogen-bond acceptors (Lipinski definition) is 6. The summed E-state index contributed by atoms with van der Waals surface area (Å²) in [7, 11) is -4.45. The highest BCUT2D eigenvalue weighted by Crippen LogP contribution is 2.29. The van der Waals surface area contributed by atoms with E-state index in [1.54, 1.807) is 18.2 Å². The summed E-state index contributed by atoms with van der Waals surface area (Å²) in [6.45, 7) is 0. The summed E-state index contributed by atoms with van der Waals surface area (Å²) in [5.41, 5.74) is 12.7. The summed E-state index contributed by atoms with van der Waals surface area (Å²) in [6.07, 6.45) is 0. The Bertz CT molecular complexity index is 1060. The Morgan fingerprint density at radius 2 is 1.42 bits per heavy atom. The molecule has 0 aliphatic carbocycles. The lowest BCUT2D eigenvalue weighted by atomic mass is 10.1. The maximum Gasteiger partial charge on any atom is 0.296 e. The number of anilines is 2. The Morgan fingerprint density at radius 3 is 2.17 bits per heavy atom. The lowest BCUT2D eigenvalue weighted by Crippen LogP contribution is -1.99. The Morgan fingerprint density at radius 1 is 0.792 bits per heavy atom. The van der Waals surface area contributed by atoms with Crippen LogP contribution in [0.25, 0.3) is 10.8 Å². The molecule has 0 saturated heterocycles. The molecule has 0 amide bonds. The van der Waals surface area contributed by atoms with Gasteiger partial charge in [0.1, 0.15) is 10.6 Å². The molecule has 0 aliphatic heterocycles. The highest BCUT2D eigenvalue weighted by atomic mass is 32.2. The fourth-order valence-corrected chi connectivity index (χ4v) is 2.90. The first kappa shape index (κ1) is 15.9. The van der Waals surface area contributed by atoms with Crippen molar-refractivity contribution in [2.75, 3.05) is 11.5 Å². The van der Waals surface area contributed by atoms with Crippen LogP contribution in [0.2, 0.25) is 0 Å². The van der Waals surface area contributed by atoms with E-state index < -0.39 is 10.1 Å². The number of nitrogens with zero attached hydrogens (tertiary/aromatic N) is 2. The largest absolute Gasteiger partial charge is 0.399 e. The van der Waals surface area contributed by atoms with E-state index in [1.807, 2.05) is 18.2 Å². The molecule has 0 spiro atoms. The molecule has 0 atom stereocenters. The molecule has 3 aromatic carbocycles. The maximum absolute atomic E-state index is 11.4. The Balaban J connectivity index is 2.01. The van der Waals surface area contributed by atoms with Gasteiger partial charge in [0.2, 0.25) is 0 Å². The van der Waals surface area contributed by atoms with E-state index in [-0.39, 0.29) is 16.3 Å². The van der Waals surface area contributed by atoms with Crippen molar-refractivity contribution >= 4 is 43.6 Å². The molecular formula is C16H14N4O3S. The zero-order valence-corrected chi connectivity index (χ0v) is 13.2. The molecule has 7 nitrogen and oxygen atoms in total. The molecule has 122 valence electrons. The second-order valence-electron chi connectivity index (χ2n) is 5.19. The predicted molar refractivity (Wildman–Crippen MR) is 93.2 cm³/mol. The zero-order chi connectivity index (χ0) is 17.3. The van der Waals surface area contributed by atoms with Crippen LogP contribution in [0.15, 0.2) is 69.7 Å². The Labute approximate surface area is 138 Å². The van der Waals surface area contributed by atoms with E-state index in [0.29, 0.717) is 11.4 Å². The zero-order valence-electron chi connectivity index (χ0n) is 12.4. The molecule has 8 heteroatoms. The van der Waals surface area contributed by atoms with Crippen molar-refractivity contribution < 1.29 is 13.0 Å². The van der Waals surface area contributed by atoms with E-state index in [1.165, 1.54) is 12.1 Å². The van der Waals surface area contributed by atoms with Gasteiger partial charge in [-0.3, -0.25) is 4.55 Å². The second kappa shape index (κ2) is 5.91. The van der Waals surface area contributed by atoms with Gasteiger partial charge in [-0.15, -0.1) is 5.11 Å². The fourth-order valence-electron chi connectivity index (χ4n) is 2.25. The first-order valence-corrected chi connectivity index (χ1v) is 8.35. The summed E-state index contributed by atoms with van der Waals surface area (Å²) in [6, 6.07) is 14.8. The van der Waals surface area contributed by atoms with Crippen LogP contribution in [0.5, 0.6) is 0 Å². The van der Waals surface area contributed by atoms with Crippen molar-refractivity contribution in [1.29, 1.82) is 0 Å². The molecule has 3 rings (SSSR count). The topological polar surface area (TPSA) is 131 Å². The number of azo groups is 1. The molecular weight excluding hydrogens is 328 g/mol. The highest BCUT2D eigenvalue weighted by Gasteiger charge is 2.15. The average molecular weight is 342 g/mol. The number of rotatable bonds is 3. The van der Waals surface area contributed by atoms with Crippen LogP contribution in [0, 0.1) is 0 Å². The standard InChI is InChI=1S/C16H14N4O3S/c17-12-3-1-11-8-14(5-2-10(11)7-12)19-20-15-6-4-13(18)9-16(15)24(21,22)23/h1-9H,17-18H2,(H,21,22,23). The third-order valence-electron chi connectivity index (χ3n) is 3.38. The quantitative estimate of drug-likeness (QED) is 0.379. The van der Waals surface area contributed by atoms with Gasteiger partial charge < -0.3 is 11.5 Å². The highest BCUT2D eigenvalue weighted by molar-refractivity contribution is 7.86. The minimum Gasteiger partial charge on any atom is -0.399 e. The van der Waals surface area contributed by atoms with Crippen molar-refractivity contribution in [3.05, 3.63) is 54.6 Å². The number of fused-ring (bicyclic) bond motifs is 1. The minimum atomic E-state index is -4.45. The number of nitrogens with two attached hydrogens (primary N) is 2. The van der Waals surface area contributed by atoms with Crippen molar-refractivity contribution in [3.63, 3.8) is 0 Å². The van der Waals surface area contributed by atoms with Crippen LogP contribution in [-0.2, 0) is 10.1 Å². The van der Waals surface area contributed by atoms with E-state index >= 15 is 0 Å². The molecule has 0 radical (unpaired) electrons. The molecule has 0 aromatic heterocycles. The van der Waals surface area contributed by atoms with Gasteiger partial charge in [-0.2, -0.15) is 13.5 Å². The number of nitrogen functional groups attached to an aromatic ring is 2. The van der Waals surface area contributed by atoms with Crippen LogP contribution in [0.1, 0.15) is 0 Å². The summed E-state index contributed by atoms with van der Waals surface area (Å²) < 4.78 is 32.1. The summed E-state index contributed by atoms with van der Waals surface area (Å²) in [4.78, 5) is -0.389. The molecule has 0 heterocycles. The summed E-state index contributed by atoms with van der Waals surface area (Å²) >= 11 is 0. The van der Waals surface area contributed by atoms with Crippen LogP contribution < -0.4 is 11.5 Å². The summed E-state index contributed by atoms with van der Waals surface area (Å²) in [5, 5.41) is 9.83. The monoisotopic (exact) mass is 342 g/mol. The van der Waals surface area contributed by atoms with Gasteiger partial charge in [0, 0.05) is 11.4 Å². The third kappa shape index (κ3) is 3.34. The van der Waals surface area contributed by atoms with Gasteiger partial charge in [-0.05, 0) is 53.2 Å². The van der Waals surface area contributed by atoms with Crippen LogP contribution >= 0.6 is 0 Å². The SMILES string of the molecule is Nc1ccc(N=Nc2ccc3cc(N)ccc3c2)c(S(=O)(=O)O)c1. The lowest BCUT2D eigenvalue weighted by molar-refractivity contribution is 0.483. The van der Waals surface area contributed by atoms with Crippen molar-refractivity contribution in [2.45, 2.75) is 4.90 Å². The number of benzene rings is 3. The van der Waals surface area contributed by atoms with Crippen molar-refractivity contribution in [3.8, 4) is 0 Å². The Hall–Kier alpha value is -2.97. The van der Waals surface area contributed by atoms with Gasteiger partial charge in [0.05, 0.1) is 5.69 Å². The molecule has 3 aromatic rings. The second-order valence-corrected chi connectivity index (χ2v) is 6.58. The Kier molecular flexibility index (Phi) is 3.92. The first-order valence-electron chi connectivity index (χ1n) is 6.91. The summed E-state index contributed by atoms with van der Waals surface area (Å²) in [5.74, 6) is 0. The van der Waals surface area contributed by atoms with Crippen LogP contribution in [0.4, 0.5) is 22.7 Å². The number of hydrogen-bond donors (Lipinski definition) is 3. The van der Waals surface area contributed by atoms with Gasteiger partial charge in [-0.25, -0.2) is 0 Å². The molecule has 0 bridgehead atoms. The molecule has 0 unspecified atom stereocenters. The van der Waals surface area contributed by atoms with E-state index in [4.69, 9.17) is 11.5 Å².